The predicted octanol–water partition coefficient (Wildman–Crippen LogP) is 4.31. The highest BCUT2D eigenvalue weighted by Crippen LogP contribution is 2.48. The number of aryl methyl sites for hydroxylation is 1. The van der Waals surface area contributed by atoms with Gasteiger partial charge in [0.05, 0.1) is 49.0 Å². The van der Waals surface area contributed by atoms with Crippen LogP contribution in [-0.2, 0) is 26.6 Å². The molecule has 5 aliphatic rings. The van der Waals surface area contributed by atoms with Crippen molar-refractivity contribution in [3.8, 4) is 5.75 Å². The Hall–Kier alpha value is -2.67. The number of nitrogens with one attached hydrogen (secondary N) is 1. The van der Waals surface area contributed by atoms with Crippen LogP contribution in [0.4, 0.5) is 5.69 Å². The Morgan fingerprint density at radius 1 is 1.14 bits per heavy atom. The van der Waals surface area contributed by atoms with E-state index in [2.05, 4.69) is 26.7 Å². The standard InChI is InChI=1S/C38H50ClN3O7S/c1-25-5-3-14-38(45,23-41-15-16-48-21-31(41)20-43)33-10-7-29(33)19-42-22-37(13-4-6-27-17-30(39)9-11-32(27)37)24-49-35-12-8-28(18-34(35)42)36(44)40-50(46,47)26(25)2/h3,8-9,11-12,14,17-18,25-26,29,31,33,43,45H,4-7,10,13,15-16,19-24H2,1-2H3,(H,40,44)/b14-3+/t25-,26+,29-,31-,33+,37-,38+/m0/s1. The molecule has 2 aromatic rings. The number of carbonyl (C=O) groups is 1. The Labute approximate surface area is 300 Å². The fourth-order valence-corrected chi connectivity index (χ4v) is 10.4. The average molecular weight is 728 g/mol. The van der Waals surface area contributed by atoms with Crippen LogP contribution < -0.4 is 14.4 Å². The Bertz CT molecular complexity index is 1740. The number of sulfonamides is 1. The lowest BCUT2D eigenvalue weighted by Gasteiger charge is -2.51. The van der Waals surface area contributed by atoms with Crippen LogP contribution in [0.2, 0.25) is 5.02 Å². The second-order valence-electron chi connectivity index (χ2n) is 15.4. The summed E-state index contributed by atoms with van der Waals surface area (Å²) in [6, 6.07) is 11.1. The molecule has 272 valence electrons. The fraction of sp³-hybridized carbons (Fsp3) is 0.605. The quantitative estimate of drug-likeness (QED) is 0.397. The number of ether oxygens (including phenoxy) is 2. The van der Waals surface area contributed by atoms with Crippen molar-refractivity contribution >= 4 is 33.2 Å². The largest absolute Gasteiger partial charge is 0.490 e. The van der Waals surface area contributed by atoms with Crippen LogP contribution in [-0.4, -0.2) is 98.9 Å². The van der Waals surface area contributed by atoms with Gasteiger partial charge in [0.15, 0.2) is 0 Å². The molecule has 10 nitrogen and oxygen atoms in total. The van der Waals surface area contributed by atoms with Crippen molar-refractivity contribution in [1.82, 2.24) is 9.62 Å². The molecule has 2 aromatic carbocycles. The number of aliphatic hydroxyl groups excluding tert-OH is 1. The maximum absolute atomic E-state index is 13.6. The van der Waals surface area contributed by atoms with Gasteiger partial charge in [-0.2, -0.15) is 0 Å². The number of nitrogens with zero attached hydrogens (tertiary/aromatic N) is 2. The number of halogens is 1. The molecule has 1 amide bonds. The lowest BCUT2D eigenvalue weighted by Crippen LogP contribution is -2.59. The first-order chi connectivity index (χ1) is 23.9. The van der Waals surface area contributed by atoms with Gasteiger partial charge in [0.1, 0.15) is 5.75 Å². The van der Waals surface area contributed by atoms with Gasteiger partial charge in [-0.1, -0.05) is 36.7 Å². The summed E-state index contributed by atoms with van der Waals surface area (Å²) >= 11 is 6.45. The van der Waals surface area contributed by atoms with Gasteiger partial charge < -0.3 is 24.6 Å². The van der Waals surface area contributed by atoms with Gasteiger partial charge in [0.2, 0.25) is 10.0 Å². The number of β-amino-alcohol motifs (C(OH)–C–C–N with tert-alkyl or cyclic N) is 1. The number of morpholine rings is 1. The maximum Gasteiger partial charge on any atom is 0.264 e. The molecule has 1 saturated heterocycles. The third kappa shape index (κ3) is 6.81. The van der Waals surface area contributed by atoms with E-state index in [-0.39, 0.29) is 41.4 Å². The first-order valence-electron chi connectivity index (χ1n) is 18.1. The lowest BCUT2D eigenvalue weighted by atomic mass is 9.63. The van der Waals surface area contributed by atoms with E-state index in [1.807, 2.05) is 25.1 Å². The average Bonchev–Trinajstić information content (AvgIpc) is 3.22. The number of carbonyl (C=O) groups excluding carboxylic acids is 1. The molecule has 1 spiro atoms. The second-order valence-corrected chi connectivity index (χ2v) is 17.9. The fourth-order valence-electron chi connectivity index (χ4n) is 8.93. The van der Waals surface area contributed by atoms with Crippen LogP contribution in [0.15, 0.2) is 48.6 Å². The van der Waals surface area contributed by atoms with E-state index in [0.717, 1.165) is 37.8 Å². The number of hydrogen-bond donors (Lipinski definition) is 3. The maximum atomic E-state index is 13.6. The number of anilines is 1. The Morgan fingerprint density at radius 2 is 1.98 bits per heavy atom. The summed E-state index contributed by atoms with van der Waals surface area (Å²) in [7, 11) is -4.01. The summed E-state index contributed by atoms with van der Waals surface area (Å²) in [6.45, 7) is 7.02. The molecule has 7 rings (SSSR count). The molecule has 12 heteroatoms. The van der Waals surface area contributed by atoms with Crippen LogP contribution in [0.25, 0.3) is 0 Å². The topological polar surface area (TPSA) is 129 Å². The molecule has 3 N–H and O–H groups in total. The summed E-state index contributed by atoms with van der Waals surface area (Å²) in [5, 5.41) is 22.7. The zero-order valence-corrected chi connectivity index (χ0v) is 30.6. The monoisotopic (exact) mass is 727 g/mol. The number of allylic oxidation sites excluding steroid dienone is 1. The van der Waals surface area contributed by atoms with Crippen LogP contribution >= 0.6 is 11.6 Å². The van der Waals surface area contributed by atoms with Crippen molar-refractivity contribution in [1.29, 1.82) is 0 Å². The van der Waals surface area contributed by atoms with Gasteiger partial charge in [-0.05, 0) is 105 Å². The number of amides is 1. The second kappa shape index (κ2) is 14.0. The molecule has 0 radical (unpaired) electrons. The Balaban J connectivity index is 1.30. The molecule has 0 unspecified atom stereocenters. The molecule has 2 fully saturated rings. The van der Waals surface area contributed by atoms with E-state index in [0.29, 0.717) is 63.2 Å². The molecule has 3 heterocycles. The van der Waals surface area contributed by atoms with Crippen LogP contribution in [0.1, 0.15) is 67.4 Å². The van der Waals surface area contributed by atoms with Gasteiger partial charge in [-0.25, -0.2) is 13.1 Å². The Morgan fingerprint density at radius 3 is 2.76 bits per heavy atom. The predicted molar refractivity (Wildman–Crippen MR) is 193 cm³/mol. The molecule has 2 aliphatic carbocycles. The van der Waals surface area contributed by atoms with E-state index in [4.69, 9.17) is 21.1 Å². The first-order valence-corrected chi connectivity index (χ1v) is 20.0. The number of fused-ring (bicyclic) bond motifs is 4. The lowest BCUT2D eigenvalue weighted by molar-refractivity contribution is -0.0995. The van der Waals surface area contributed by atoms with Gasteiger partial charge in [-0.15, -0.1) is 0 Å². The van der Waals surface area contributed by atoms with Crippen LogP contribution in [0.5, 0.6) is 5.75 Å². The molecule has 0 aromatic heterocycles. The van der Waals surface area contributed by atoms with Crippen molar-refractivity contribution in [2.75, 3.05) is 57.5 Å². The van der Waals surface area contributed by atoms with Gasteiger partial charge in [0.25, 0.3) is 5.91 Å². The van der Waals surface area contributed by atoms with Crippen molar-refractivity contribution in [3.05, 3.63) is 70.3 Å². The zero-order chi connectivity index (χ0) is 35.3. The summed E-state index contributed by atoms with van der Waals surface area (Å²) in [5.41, 5.74) is 1.93. The smallest absolute Gasteiger partial charge is 0.264 e. The van der Waals surface area contributed by atoms with E-state index < -0.39 is 26.8 Å². The summed E-state index contributed by atoms with van der Waals surface area (Å²) < 4.78 is 41.6. The highest BCUT2D eigenvalue weighted by atomic mass is 35.5. The zero-order valence-electron chi connectivity index (χ0n) is 29.0. The van der Waals surface area contributed by atoms with Gasteiger partial charge >= 0.3 is 0 Å². The SMILES string of the molecule is C[C@@H]1[C@@H](C)C/C=C/[C@@](O)(CN2CCOC[C@@H]2CO)[C@@H]2CC[C@H]2CN2C[C@@]3(CCCc4cc(Cl)ccc43)COc3ccc(cc32)C(=O)NS1(=O)=O. The third-order valence-corrected chi connectivity index (χ3v) is 14.4. The van der Waals surface area contributed by atoms with Gasteiger partial charge in [0, 0.05) is 42.2 Å². The molecule has 3 aliphatic heterocycles. The van der Waals surface area contributed by atoms with Crippen LogP contribution in [0.3, 0.4) is 0 Å². The van der Waals surface area contributed by atoms with Crippen molar-refractivity contribution in [2.45, 2.75) is 74.7 Å². The van der Waals surface area contributed by atoms with E-state index >= 15 is 0 Å². The molecule has 7 atom stereocenters. The van der Waals surface area contributed by atoms with E-state index in [1.54, 1.807) is 25.1 Å². The molecular weight excluding hydrogens is 678 g/mol. The highest BCUT2D eigenvalue weighted by Gasteiger charge is 2.49. The van der Waals surface area contributed by atoms with E-state index in [1.165, 1.54) is 11.1 Å². The minimum absolute atomic E-state index is 0.0618. The van der Waals surface area contributed by atoms with Crippen molar-refractivity contribution < 1.29 is 32.9 Å². The molecule has 50 heavy (non-hydrogen) atoms. The molecule has 2 bridgehead atoms. The van der Waals surface area contributed by atoms with Crippen molar-refractivity contribution in [3.63, 3.8) is 0 Å². The summed E-state index contributed by atoms with van der Waals surface area (Å²) in [6.07, 6.45) is 8.84. The number of rotatable bonds is 3. The molecule has 1 saturated carbocycles. The normalized spacial score (nSPS) is 35.1. The summed E-state index contributed by atoms with van der Waals surface area (Å²) in [5.74, 6) is -0.268. The highest BCUT2D eigenvalue weighted by molar-refractivity contribution is 7.90. The number of hydrogen-bond acceptors (Lipinski definition) is 9. The van der Waals surface area contributed by atoms with E-state index in [9.17, 15) is 23.4 Å². The third-order valence-electron chi connectivity index (χ3n) is 12.3. The minimum atomic E-state index is -4.01. The first kappa shape index (κ1) is 35.7. The van der Waals surface area contributed by atoms with Crippen molar-refractivity contribution in [2.24, 2.45) is 17.8 Å². The minimum Gasteiger partial charge on any atom is -0.490 e. The molecular formula is C38H50ClN3O7S. The van der Waals surface area contributed by atoms with Crippen LogP contribution in [0, 0.1) is 17.8 Å². The number of benzene rings is 2. The summed E-state index contributed by atoms with van der Waals surface area (Å²) in [4.78, 5) is 18.0. The number of aliphatic hydroxyl groups is 2. The Kier molecular flexibility index (Phi) is 10.0. The van der Waals surface area contributed by atoms with Gasteiger partial charge in [-0.3, -0.25) is 9.69 Å².